The monoisotopic (exact) mass is 320 g/mol. The molecule has 116 valence electrons. The van der Waals surface area contributed by atoms with Crippen LogP contribution in [-0.2, 0) is 14.4 Å². The fraction of sp³-hybridized carbons (Fsp3) is 0.312. The summed E-state index contributed by atoms with van der Waals surface area (Å²) >= 11 is 6.05. The molecule has 0 saturated heterocycles. The van der Waals surface area contributed by atoms with Gasteiger partial charge in [0.15, 0.2) is 0 Å². The molecule has 0 aliphatic carbocycles. The molecule has 0 spiro atoms. The molecule has 1 aliphatic heterocycles. The summed E-state index contributed by atoms with van der Waals surface area (Å²) in [5.74, 6) is -0.986. The van der Waals surface area contributed by atoms with Crippen molar-refractivity contribution >= 4 is 40.6 Å². The minimum absolute atomic E-state index is 0.0478. The number of imide groups is 1. The van der Waals surface area contributed by atoms with Gasteiger partial charge < -0.3 is 5.32 Å². The van der Waals surface area contributed by atoms with Crippen molar-refractivity contribution in [2.24, 2.45) is 0 Å². The highest BCUT2D eigenvalue weighted by molar-refractivity contribution is 6.55. The molecule has 1 aliphatic rings. The minimum Gasteiger partial charge on any atom is -0.326 e. The molecule has 1 N–H and O–H groups in total. The zero-order valence-electron chi connectivity index (χ0n) is 12.5. The maximum absolute atomic E-state index is 12.4. The fourth-order valence-electron chi connectivity index (χ4n) is 2.24. The molecule has 0 unspecified atom stereocenters. The number of carbonyl (C=O) groups is 3. The van der Waals surface area contributed by atoms with Gasteiger partial charge in [0.1, 0.15) is 5.03 Å². The summed E-state index contributed by atoms with van der Waals surface area (Å²) in [5, 5.41) is 2.59. The van der Waals surface area contributed by atoms with Gasteiger partial charge in [0.25, 0.3) is 11.8 Å². The summed E-state index contributed by atoms with van der Waals surface area (Å²) in [4.78, 5) is 36.6. The number of amides is 3. The van der Waals surface area contributed by atoms with E-state index in [4.69, 9.17) is 11.6 Å². The molecule has 1 heterocycles. The van der Waals surface area contributed by atoms with Crippen molar-refractivity contribution in [3.05, 3.63) is 34.9 Å². The third-order valence-corrected chi connectivity index (χ3v) is 3.69. The van der Waals surface area contributed by atoms with Gasteiger partial charge in [-0.25, -0.2) is 0 Å². The van der Waals surface area contributed by atoms with Crippen LogP contribution >= 0.6 is 11.6 Å². The summed E-state index contributed by atoms with van der Waals surface area (Å²) in [7, 11) is 0. The van der Waals surface area contributed by atoms with E-state index in [9.17, 15) is 14.4 Å². The highest BCUT2D eigenvalue weighted by atomic mass is 35.5. The van der Waals surface area contributed by atoms with Gasteiger partial charge in [-0.05, 0) is 24.1 Å². The van der Waals surface area contributed by atoms with Crippen LogP contribution in [0.3, 0.4) is 0 Å². The van der Waals surface area contributed by atoms with Crippen molar-refractivity contribution < 1.29 is 14.4 Å². The molecule has 22 heavy (non-hydrogen) atoms. The predicted octanol–water partition coefficient (Wildman–Crippen LogP) is 2.76. The van der Waals surface area contributed by atoms with Crippen molar-refractivity contribution in [1.29, 1.82) is 0 Å². The normalized spacial score (nSPS) is 14.8. The van der Waals surface area contributed by atoms with E-state index in [1.807, 2.05) is 6.92 Å². The van der Waals surface area contributed by atoms with Crippen LogP contribution in [0, 0.1) is 0 Å². The van der Waals surface area contributed by atoms with Gasteiger partial charge in [0.2, 0.25) is 5.91 Å². The molecule has 0 radical (unpaired) electrons. The highest BCUT2D eigenvalue weighted by Gasteiger charge is 2.37. The van der Waals surface area contributed by atoms with Crippen LogP contribution < -0.4 is 5.32 Å². The van der Waals surface area contributed by atoms with E-state index in [-0.39, 0.29) is 22.4 Å². The van der Waals surface area contributed by atoms with Gasteiger partial charge in [-0.1, -0.05) is 37.1 Å². The van der Waals surface area contributed by atoms with Crippen LogP contribution in [0.1, 0.15) is 32.3 Å². The second kappa shape index (κ2) is 6.75. The summed E-state index contributed by atoms with van der Waals surface area (Å²) in [6, 6.07) is 6.66. The number of carbonyl (C=O) groups excluding carboxylic acids is 3. The average Bonchev–Trinajstić information content (AvgIpc) is 2.68. The summed E-state index contributed by atoms with van der Waals surface area (Å²) in [6.07, 6.45) is 1.63. The van der Waals surface area contributed by atoms with Crippen LogP contribution in [0.25, 0.3) is 5.57 Å². The van der Waals surface area contributed by atoms with Crippen LogP contribution in [0.2, 0.25) is 0 Å². The predicted molar refractivity (Wildman–Crippen MR) is 85.1 cm³/mol. The Morgan fingerprint density at radius 2 is 1.82 bits per heavy atom. The van der Waals surface area contributed by atoms with E-state index >= 15 is 0 Å². The van der Waals surface area contributed by atoms with Crippen LogP contribution in [-0.4, -0.2) is 29.2 Å². The van der Waals surface area contributed by atoms with Gasteiger partial charge in [0, 0.05) is 19.2 Å². The molecule has 3 amide bonds. The topological polar surface area (TPSA) is 66.5 Å². The van der Waals surface area contributed by atoms with Crippen LogP contribution in [0.15, 0.2) is 29.3 Å². The van der Waals surface area contributed by atoms with Crippen molar-refractivity contribution in [2.45, 2.75) is 26.7 Å². The van der Waals surface area contributed by atoms with Crippen molar-refractivity contribution in [3.63, 3.8) is 0 Å². The molecule has 1 aromatic carbocycles. The Morgan fingerprint density at radius 1 is 1.18 bits per heavy atom. The first-order valence-corrected chi connectivity index (χ1v) is 7.47. The number of hydrogen-bond acceptors (Lipinski definition) is 3. The molecular formula is C16H17ClN2O3. The second-order valence-corrected chi connectivity index (χ2v) is 5.44. The first kappa shape index (κ1) is 16.2. The van der Waals surface area contributed by atoms with Crippen LogP contribution in [0.5, 0.6) is 0 Å². The molecule has 0 atom stereocenters. The van der Waals surface area contributed by atoms with E-state index in [0.717, 1.165) is 12.8 Å². The lowest BCUT2D eigenvalue weighted by molar-refractivity contribution is -0.136. The average molecular weight is 321 g/mol. The number of halogens is 1. The molecule has 0 aromatic heterocycles. The molecule has 0 saturated carbocycles. The number of nitrogens with zero attached hydrogens (tertiary/aromatic N) is 1. The number of benzene rings is 1. The lowest BCUT2D eigenvalue weighted by Crippen LogP contribution is -2.32. The second-order valence-electron chi connectivity index (χ2n) is 5.06. The van der Waals surface area contributed by atoms with E-state index in [1.54, 1.807) is 24.3 Å². The van der Waals surface area contributed by atoms with Crippen LogP contribution in [0.4, 0.5) is 5.69 Å². The van der Waals surface area contributed by atoms with E-state index in [0.29, 0.717) is 17.8 Å². The Morgan fingerprint density at radius 3 is 2.36 bits per heavy atom. The Labute approximate surface area is 133 Å². The van der Waals surface area contributed by atoms with Gasteiger partial charge >= 0.3 is 0 Å². The fourth-order valence-corrected chi connectivity index (χ4v) is 2.53. The molecule has 1 aromatic rings. The number of unbranched alkanes of at least 4 members (excludes halogenated alkanes) is 1. The minimum atomic E-state index is -0.443. The van der Waals surface area contributed by atoms with Gasteiger partial charge in [0.05, 0.1) is 5.57 Å². The molecule has 5 nitrogen and oxygen atoms in total. The standard InChI is InChI=1S/C16H17ClN2O3/c1-3-4-9-19-15(21)13(14(17)16(19)22)11-5-7-12(8-6-11)18-10(2)20/h5-8H,3-4,9H2,1-2H3,(H,18,20). The summed E-state index contributed by atoms with van der Waals surface area (Å²) in [6.45, 7) is 3.78. The molecule has 2 rings (SSSR count). The lowest BCUT2D eigenvalue weighted by Gasteiger charge is -2.13. The molecule has 0 bridgehead atoms. The Hall–Kier alpha value is -2.14. The zero-order chi connectivity index (χ0) is 16.3. The number of nitrogens with one attached hydrogen (secondary N) is 1. The number of rotatable bonds is 5. The van der Waals surface area contributed by atoms with Crippen molar-refractivity contribution in [1.82, 2.24) is 4.90 Å². The van der Waals surface area contributed by atoms with Gasteiger partial charge in [-0.15, -0.1) is 0 Å². The maximum Gasteiger partial charge on any atom is 0.273 e. The number of hydrogen-bond donors (Lipinski definition) is 1. The first-order valence-electron chi connectivity index (χ1n) is 7.09. The molecule has 6 heteroatoms. The highest BCUT2D eigenvalue weighted by Crippen LogP contribution is 2.32. The van der Waals surface area contributed by atoms with Gasteiger partial charge in [-0.3, -0.25) is 19.3 Å². The quantitative estimate of drug-likeness (QED) is 0.848. The van der Waals surface area contributed by atoms with Crippen molar-refractivity contribution in [2.75, 3.05) is 11.9 Å². The van der Waals surface area contributed by atoms with E-state index < -0.39 is 5.91 Å². The molecular weight excluding hydrogens is 304 g/mol. The third-order valence-electron chi connectivity index (χ3n) is 3.34. The third kappa shape index (κ3) is 3.20. The zero-order valence-corrected chi connectivity index (χ0v) is 13.2. The lowest BCUT2D eigenvalue weighted by atomic mass is 10.1. The largest absolute Gasteiger partial charge is 0.326 e. The SMILES string of the molecule is CCCCN1C(=O)C(Cl)=C(c2ccc(NC(C)=O)cc2)C1=O. The summed E-state index contributed by atoms with van der Waals surface area (Å²) < 4.78 is 0. The Balaban J connectivity index is 2.26. The first-order chi connectivity index (χ1) is 10.5. The Kier molecular flexibility index (Phi) is 4.98. The number of anilines is 1. The molecule has 0 fully saturated rings. The summed E-state index contributed by atoms with van der Waals surface area (Å²) in [5.41, 5.74) is 1.40. The smallest absolute Gasteiger partial charge is 0.273 e. The Bertz CT molecular complexity index is 650. The maximum atomic E-state index is 12.4. The van der Waals surface area contributed by atoms with Gasteiger partial charge in [-0.2, -0.15) is 0 Å². The van der Waals surface area contributed by atoms with E-state index in [2.05, 4.69) is 5.32 Å². The van der Waals surface area contributed by atoms with Crippen molar-refractivity contribution in [3.8, 4) is 0 Å². The van der Waals surface area contributed by atoms with E-state index in [1.165, 1.54) is 11.8 Å².